The Balaban J connectivity index is 1.43. The summed E-state index contributed by atoms with van der Waals surface area (Å²) in [6, 6.07) is 7.86. The molecule has 2 aliphatic carbocycles. The summed E-state index contributed by atoms with van der Waals surface area (Å²) in [5.41, 5.74) is 7.32. The molecule has 0 amide bonds. The predicted molar refractivity (Wildman–Crippen MR) is 154 cm³/mol. The van der Waals surface area contributed by atoms with Crippen molar-refractivity contribution >= 4 is 22.3 Å². The Morgan fingerprint density at radius 2 is 1.93 bits per heavy atom. The van der Waals surface area contributed by atoms with Crippen LogP contribution in [0, 0.1) is 36.5 Å². The van der Waals surface area contributed by atoms with E-state index in [0.717, 1.165) is 30.7 Å². The van der Waals surface area contributed by atoms with Crippen LogP contribution in [0.15, 0.2) is 42.4 Å². The standard InChI is InChI=1S/C31H30F4N8/c1-3-19-16-37-27-20(15-36)13-22(14-24(27)28(19)39-21-7-5-4-6-8-21)40-29(23-9-10-26(32)38-18(23)2)25-17-43(42-41-25)30(11-12-30)31(33,34)35/h1,9-10,13-14,16-17,21,29,40-42H,4-8,11-12H2,2H3,(H,37,39)/t29-/m0/s1. The fourth-order valence-electron chi connectivity index (χ4n) is 6.01. The van der Waals surface area contributed by atoms with Gasteiger partial charge in [0.25, 0.3) is 0 Å². The maximum Gasteiger partial charge on any atom is 0.413 e. The predicted octanol–water partition coefficient (Wildman–Crippen LogP) is 6.09. The van der Waals surface area contributed by atoms with E-state index in [2.05, 4.69) is 43.6 Å². The van der Waals surface area contributed by atoms with Gasteiger partial charge < -0.3 is 16.1 Å². The maximum atomic E-state index is 14.0. The molecule has 222 valence electrons. The topological polar surface area (TPSA) is 101 Å². The van der Waals surface area contributed by atoms with Crippen LogP contribution in [0.2, 0.25) is 0 Å². The first-order valence-corrected chi connectivity index (χ1v) is 14.2. The van der Waals surface area contributed by atoms with E-state index in [-0.39, 0.29) is 18.9 Å². The first-order chi connectivity index (χ1) is 20.6. The molecular formula is C31H30F4N8. The van der Waals surface area contributed by atoms with Crippen molar-refractivity contribution in [1.82, 2.24) is 25.9 Å². The van der Waals surface area contributed by atoms with Gasteiger partial charge in [0.1, 0.15) is 6.07 Å². The molecule has 0 saturated heterocycles. The molecule has 2 fully saturated rings. The molecule has 3 aromatic rings. The highest BCUT2D eigenvalue weighted by atomic mass is 19.4. The average molecular weight is 591 g/mol. The van der Waals surface area contributed by atoms with E-state index >= 15 is 0 Å². The smallest absolute Gasteiger partial charge is 0.381 e. The highest BCUT2D eigenvalue weighted by Gasteiger charge is 2.67. The van der Waals surface area contributed by atoms with Gasteiger partial charge in [-0.25, -0.2) is 4.98 Å². The third kappa shape index (κ3) is 5.28. The number of alkyl halides is 3. The minimum Gasteiger partial charge on any atom is -0.381 e. The number of fused-ring (bicyclic) bond motifs is 1. The molecule has 12 heteroatoms. The summed E-state index contributed by atoms with van der Waals surface area (Å²) in [6.07, 6.45) is 9.69. The van der Waals surface area contributed by atoms with E-state index in [0.29, 0.717) is 50.4 Å². The van der Waals surface area contributed by atoms with Crippen LogP contribution >= 0.6 is 0 Å². The number of nitriles is 1. The SMILES string of the molecule is C#Cc1cnc2c(C#N)cc(N[C@H](C3=CN(C4(C(F)(F)F)CC4)NN3)c3ccc(F)nc3C)cc2c1NC1CCCCC1. The Kier molecular flexibility index (Phi) is 7.26. The number of hydrogen-bond acceptors (Lipinski definition) is 8. The zero-order valence-electron chi connectivity index (χ0n) is 23.4. The molecule has 3 aliphatic rings. The van der Waals surface area contributed by atoms with Gasteiger partial charge in [-0.05, 0) is 50.8 Å². The van der Waals surface area contributed by atoms with Gasteiger partial charge in [-0.2, -0.15) is 22.8 Å². The second-order valence-electron chi connectivity index (χ2n) is 11.3. The quantitative estimate of drug-likeness (QED) is 0.149. The Bertz CT molecular complexity index is 1680. The van der Waals surface area contributed by atoms with Crippen LogP contribution in [0.5, 0.6) is 0 Å². The van der Waals surface area contributed by atoms with E-state index in [9.17, 15) is 22.8 Å². The fourth-order valence-corrected chi connectivity index (χ4v) is 6.01. The lowest BCUT2D eigenvalue weighted by atomic mass is 9.94. The van der Waals surface area contributed by atoms with E-state index < -0.39 is 23.7 Å². The van der Waals surface area contributed by atoms with Gasteiger partial charge in [0, 0.05) is 40.8 Å². The highest BCUT2D eigenvalue weighted by molar-refractivity contribution is 5.99. The first-order valence-electron chi connectivity index (χ1n) is 14.2. The number of aromatic nitrogens is 2. The molecule has 4 N–H and O–H groups in total. The molecule has 8 nitrogen and oxygen atoms in total. The molecule has 2 saturated carbocycles. The third-order valence-electron chi connectivity index (χ3n) is 8.53. The second kappa shape index (κ2) is 10.9. The molecule has 1 aromatic carbocycles. The summed E-state index contributed by atoms with van der Waals surface area (Å²) in [4.78, 5) is 8.43. The van der Waals surface area contributed by atoms with Gasteiger partial charge >= 0.3 is 6.18 Å². The molecular weight excluding hydrogens is 560 g/mol. The second-order valence-corrected chi connectivity index (χ2v) is 11.3. The summed E-state index contributed by atoms with van der Waals surface area (Å²) >= 11 is 0. The molecule has 3 heterocycles. The summed E-state index contributed by atoms with van der Waals surface area (Å²) in [7, 11) is 0. The number of nitrogens with zero attached hydrogens (tertiary/aromatic N) is 4. The average Bonchev–Trinajstić information content (AvgIpc) is 3.68. The van der Waals surface area contributed by atoms with Gasteiger partial charge in [-0.3, -0.25) is 9.99 Å². The molecule has 43 heavy (non-hydrogen) atoms. The van der Waals surface area contributed by atoms with Crippen molar-refractivity contribution in [1.29, 1.82) is 5.26 Å². The Morgan fingerprint density at radius 1 is 1.16 bits per heavy atom. The van der Waals surface area contributed by atoms with Crippen LogP contribution in [0.1, 0.15) is 73.4 Å². The zero-order valence-corrected chi connectivity index (χ0v) is 23.4. The van der Waals surface area contributed by atoms with Crippen LogP contribution in [-0.2, 0) is 0 Å². The summed E-state index contributed by atoms with van der Waals surface area (Å²) in [5.74, 6) is 2.02. The van der Waals surface area contributed by atoms with Crippen molar-refractivity contribution in [2.45, 2.75) is 75.7 Å². The van der Waals surface area contributed by atoms with E-state index in [4.69, 9.17) is 6.42 Å². The molecule has 6 rings (SSSR count). The molecule has 1 atom stereocenters. The number of hydrogen-bond donors (Lipinski definition) is 4. The van der Waals surface area contributed by atoms with Crippen molar-refractivity contribution < 1.29 is 17.6 Å². The highest BCUT2D eigenvalue weighted by Crippen LogP contribution is 2.53. The van der Waals surface area contributed by atoms with Crippen molar-refractivity contribution in [2.75, 3.05) is 10.6 Å². The molecule has 0 spiro atoms. The molecule has 0 bridgehead atoms. The van der Waals surface area contributed by atoms with Crippen LogP contribution in [0.25, 0.3) is 10.9 Å². The van der Waals surface area contributed by atoms with Gasteiger partial charge in [0.05, 0.1) is 34.1 Å². The number of pyridine rings is 2. The van der Waals surface area contributed by atoms with Crippen LogP contribution in [0.4, 0.5) is 28.9 Å². The van der Waals surface area contributed by atoms with Crippen molar-refractivity contribution in [3.05, 3.63) is 70.7 Å². The van der Waals surface area contributed by atoms with Crippen LogP contribution < -0.4 is 21.6 Å². The maximum absolute atomic E-state index is 14.0. The van der Waals surface area contributed by atoms with Crippen molar-refractivity contribution in [3.8, 4) is 18.4 Å². The van der Waals surface area contributed by atoms with Gasteiger partial charge in [-0.1, -0.05) is 31.2 Å². The normalized spacial score (nSPS) is 18.8. The number of rotatable bonds is 7. The first kappa shape index (κ1) is 28.6. The van der Waals surface area contributed by atoms with E-state index in [1.807, 2.05) is 6.07 Å². The number of halogens is 4. The van der Waals surface area contributed by atoms with Crippen molar-refractivity contribution in [2.24, 2.45) is 0 Å². The number of benzene rings is 1. The molecule has 0 unspecified atom stereocenters. The van der Waals surface area contributed by atoms with Crippen LogP contribution in [0.3, 0.4) is 0 Å². The number of terminal acetylenes is 1. The Hall–Kier alpha value is -4.55. The Labute approximate surface area is 246 Å². The van der Waals surface area contributed by atoms with E-state index in [1.54, 1.807) is 19.2 Å². The van der Waals surface area contributed by atoms with Crippen molar-refractivity contribution in [3.63, 3.8) is 0 Å². The number of nitrogens with one attached hydrogen (secondary N) is 4. The minimum absolute atomic E-state index is 0.0400. The number of hydrazine groups is 2. The fraction of sp³-hybridized carbons (Fsp3) is 0.387. The number of aryl methyl sites for hydroxylation is 1. The molecule has 0 radical (unpaired) electrons. The summed E-state index contributed by atoms with van der Waals surface area (Å²) in [6.45, 7) is 1.63. The lowest BCUT2D eigenvalue weighted by Gasteiger charge is -2.28. The summed E-state index contributed by atoms with van der Waals surface area (Å²) < 4.78 is 55.7. The number of anilines is 2. The molecule has 1 aliphatic heterocycles. The van der Waals surface area contributed by atoms with Gasteiger partial charge in [-0.15, -0.1) is 12.0 Å². The zero-order chi connectivity index (χ0) is 30.4. The molecule has 2 aromatic heterocycles. The summed E-state index contributed by atoms with van der Waals surface area (Å²) in [5, 5.41) is 18.7. The Morgan fingerprint density at radius 3 is 2.58 bits per heavy atom. The van der Waals surface area contributed by atoms with Gasteiger partial charge in [0.15, 0.2) is 5.54 Å². The van der Waals surface area contributed by atoms with Gasteiger partial charge in [0.2, 0.25) is 5.95 Å². The largest absolute Gasteiger partial charge is 0.413 e. The van der Waals surface area contributed by atoms with E-state index in [1.165, 1.54) is 24.8 Å². The third-order valence-corrected chi connectivity index (χ3v) is 8.53. The lowest BCUT2D eigenvalue weighted by Crippen LogP contribution is -2.52. The monoisotopic (exact) mass is 590 g/mol. The van der Waals surface area contributed by atoms with Crippen LogP contribution in [-0.4, -0.2) is 32.7 Å². The minimum atomic E-state index is -4.44. The lowest BCUT2D eigenvalue weighted by molar-refractivity contribution is -0.195.